The van der Waals surface area contributed by atoms with E-state index in [1.807, 2.05) is 6.20 Å². The van der Waals surface area contributed by atoms with Crippen LogP contribution in [0, 0.1) is 5.92 Å². The first kappa shape index (κ1) is 9.71. The molecule has 1 aliphatic rings. The molecule has 1 aliphatic heterocycles. The molecular formula is C10H14ClN3. The Morgan fingerprint density at radius 3 is 2.86 bits per heavy atom. The Bertz CT molecular complexity index is 299. The van der Waals surface area contributed by atoms with Crippen molar-refractivity contribution in [3.05, 3.63) is 18.1 Å². The van der Waals surface area contributed by atoms with Crippen molar-refractivity contribution in [3.8, 4) is 0 Å². The van der Waals surface area contributed by atoms with Crippen LogP contribution in [0.2, 0.25) is 0 Å². The van der Waals surface area contributed by atoms with E-state index < -0.39 is 0 Å². The fourth-order valence-corrected chi connectivity index (χ4v) is 1.86. The van der Waals surface area contributed by atoms with Gasteiger partial charge in [-0.15, -0.1) is 11.6 Å². The molecule has 0 aromatic carbocycles. The molecule has 1 saturated heterocycles. The van der Waals surface area contributed by atoms with Crippen molar-refractivity contribution in [1.82, 2.24) is 9.97 Å². The molecular weight excluding hydrogens is 198 g/mol. The highest BCUT2D eigenvalue weighted by atomic mass is 35.5. The van der Waals surface area contributed by atoms with Gasteiger partial charge in [0.25, 0.3) is 0 Å². The van der Waals surface area contributed by atoms with Gasteiger partial charge in [-0.3, -0.25) is 4.98 Å². The summed E-state index contributed by atoms with van der Waals surface area (Å²) in [5.74, 6) is 2.18. The van der Waals surface area contributed by atoms with Crippen molar-refractivity contribution in [2.75, 3.05) is 18.0 Å². The van der Waals surface area contributed by atoms with Crippen molar-refractivity contribution in [1.29, 1.82) is 0 Å². The molecule has 0 saturated carbocycles. The van der Waals surface area contributed by atoms with Crippen molar-refractivity contribution in [3.63, 3.8) is 0 Å². The molecule has 1 aromatic rings. The number of alkyl halides is 1. The summed E-state index contributed by atoms with van der Waals surface area (Å²) in [6.45, 7) is 4.45. The average molecular weight is 212 g/mol. The van der Waals surface area contributed by atoms with Gasteiger partial charge in [-0.05, 0) is 12.3 Å². The van der Waals surface area contributed by atoms with Crippen molar-refractivity contribution < 1.29 is 0 Å². The third-order valence-electron chi connectivity index (χ3n) is 2.58. The van der Waals surface area contributed by atoms with Crippen LogP contribution < -0.4 is 4.90 Å². The van der Waals surface area contributed by atoms with Crippen LogP contribution in [0.3, 0.4) is 0 Å². The quantitative estimate of drug-likeness (QED) is 0.702. The summed E-state index contributed by atoms with van der Waals surface area (Å²) >= 11 is 5.65. The fraction of sp³-hybridized carbons (Fsp3) is 0.600. The van der Waals surface area contributed by atoms with Crippen LogP contribution in [-0.2, 0) is 5.88 Å². The van der Waals surface area contributed by atoms with Gasteiger partial charge in [0.05, 0.1) is 24.0 Å². The molecule has 0 N–H and O–H groups in total. The van der Waals surface area contributed by atoms with Crippen LogP contribution in [0.5, 0.6) is 0 Å². The van der Waals surface area contributed by atoms with E-state index in [-0.39, 0.29) is 0 Å². The molecule has 14 heavy (non-hydrogen) atoms. The molecule has 0 amide bonds. The van der Waals surface area contributed by atoms with Crippen LogP contribution in [0.25, 0.3) is 0 Å². The van der Waals surface area contributed by atoms with Gasteiger partial charge in [0.15, 0.2) is 0 Å². The Morgan fingerprint density at radius 1 is 1.50 bits per heavy atom. The first-order valence-corrected chi connectivity index (χ1v) is 5.45. The predicted molar refractivity (Wildman–Crippen MR) is 57.6 cm³/mol. The van der Waals surface area contributed by atoms with Crippen LogP contribution in [0.15, 0.2) is 12.4 Å². The molecule has 76 valence electrons. The maximum absolute atomic E-state index is 5.65. The maximum Gasteiger partial charge on any atom is 0.147 e. The Kier molecular flexibility index (Phi) is 2.87. The monoisotopic (exact) mass is 211 g/mol. The van der Waals surface area contributed by atoms with E-state index in [4.69, 9.17) is 11.6 Å². The third kappa shape index (κ3) is 1.98. The van der Waals surface area contributed by atoms with E-state index in [9.17, 15) is 0 Å². The number of hydrogen-bond donors (Lipinski definition) is 0. The fourth-order valence-electron chi connectivity index (χ4n) is 1.72. The second-order valence-electron chi connectivity index (χ2n) is 3.84. The van der Waals surface area contributed by atoms with Crippen molar-refractivity contribution in [2.24, 2.45) is 5.92 Å². The Balaban J connectivity index is 2.09. The highest BCUT2D eigenvalue weighted by Gasteiger charge is 2.19. The van der Waals surface area contributed by atoms with E-state index in [2.05, 4.69) is 21.8 Å². The normalized spacial score (nSPS) is 21.6. The summed E-state index contributed by atoms with van der Waals surface area (Å²) < 4.78 is 0. The van der Waals surface area contributed by atoms with Gasteiger partial charge in [-0.2, -0.15) is 0 Å². The number of rotatable bonds is 2. The lowest BCUT2D eigenvalue weighted by atomic mass is 10.2. The molecule has 1 unspecified atom stereocenters. The second-order valence-corrected chi connectivity index (χ2v) is 4.11. The average Bonchev–Trinajstić information content (AvgIpc) is 2.65. The van der Waals surface area contributed by atoms with Crippen molar-refractivity contribution >= 4 is 17.4 Å². The molecule has 3 nitrogen and oxygen atoms in total. The summed E-state index contributed by atoms with van der Waals surface area (Å²) in [6, 6.07) is 0. The lowest BCUT2D eigenvalue weighted by molar-refractivity contribution is 0.658. The summed E-state index contributed by atoms with van der Waals surface area (Å²) in [6.07, 6.45) is 4.82. The van der Waals surface area contributed by atoms with Gasteiger partial charge < -0.3 is 4.90 Å². The van der Waals surface area contributed by atoms with Gasteiger partial charge in [0.2, 0.25) is 0 Å². The van der Waals surface area contributed by atoms with E-state index >= 15 is 0 Å². The molecule has 0 bridgehead atoms. The summed E-state index contributed by atoms with van der Waals surface area (Å²) in [5.41, 5.74) is 0.836. The lowest BCUT2D eigenvalue weighted by Gasteiger charge is -2.16. The Morgan fingerprint density at radius 2 is 2.36 bits per heavy atom. The van der Waals surface area contributed by atoms with Gasteiger partial charge >= 0.3 is 0 Å². The minimum atomic E-state index is 0.434. The summed E-state index contributed by atoms with van der Waals surface area (Å²) in [4.78, 5) is 10.8. The number of hydrogen-bond acceptors (Lipinski definition) is 3. The minimum Gasteiger partial charge on any atom is -0.355 e. The van der Waals surface area contributed by atoms with Crippen LogP contribution in [0.1, 0.15) is 19.0 Å². The Labute approximate surface area is 89.1 Å². The van der Waals surface area contributed by atoms with Crippen LogP contribution >= 0.6 is 11.6 Å². The maximum atomic E-state index is 5.65. The van der Waals surface area contributed by atoms with Gasteiger partial charge in [-0.25, -0.2) is 4.98 Å². The first-order chi connectivity index (χ1) is 6.79. The number of nitrogens with zero attached hydrogens (tertiary/aromatic N) is 3. The number of halogens is 1. The molecule has 1 atom stereocenters. The molecule has 0 aliphatic carbocycles. The molecule has 1 aromatic heterocycles. The zero-order valence-electron chi connectivity index (χ0n) is 8.28. The highest BCUT2D eigenvalue weighted by molar-refractivity contribution is 6.16. The number of aromatic nitrogens is 2. The minimum absolute atomic E-state index is 0.434. The van der Waals surface area contributed by atoms with E-state index in [0.717, 1.165) is 30.5 Å². The topological polar surface area (TPSA) is 29.0 Å². The van der Waals surface area contributed by atoms with Crippen molar-refractivity contribution in [2.45, 2.75) is 19.2 Å². The van der Waals surface area contributed by atoms with E-state index in [1.54, 1.807) is 6.20 Å². The zero-order valence-corrected chi connectivity index (χ0v) is 9.04. The highest BCUT2D eigenvalue weighted by Crippen LogP contribution is 2.20. The predicted octanol–water partition coefficient (Wildman–Crippen LogP) is 2.06. The molecule has 1 fully saturated rings. The molecule has 2 rings (SSSR count). The number of anilines is 1. The Hall–Kier alpha value is -0.830. The van der Waals surface area contributed by atoms with Gasteiger partial charge in [0.1, 0.15) is 5.82 Å². The largest absolute Gasteiger partial charge is 0.355 e. The molecule has 2 heterocycles. The van der Waals surface area contributed by atoms with E-state index in [1.165, 1.54) is 6.42 Å². The molecule has 0 radical (unpaired) electrons. The van der Waals surface area contributed by atoms with Gasteiger partial charge in [0, 0.05) is 13.1 Å². The standard InChI is InChI=1S/C10H14ClN3/c1-8-2-3-14(7-8)10-6-12-9(4-11)5-13-10/h5-6,8H,2-4,7H2,1H3. The molecule has 4 heteroatoms. The third-order valence-corrected chi connectivity index (χ3v) is 2.85. The SMILES string of the molecule is CC1CCN(c2cnc(CCl)cn2)C1. The van der Waals surface area contributed by atoms with E-state index in [0.29, 0.717) is 5.88 Å². The second kappa shape index (κ2) is 4.13. The van der Waals surface area contributed by atoms with Crippen LogP contribution in [-0.4, -0.2) is 23.1 Å². The lowest BCUT2D eigenvalue weighted by Crippen LogP contribution is -2.20. The van der Waals surface area contributed by atoms with Gasteiger partial charge in [-0.1, -0.05) is 6.92 Å². The zero-order chi connectivity index (χ0) is 9.97. The molecule has 0 spiro atoms. The van der Waals surface area contributed by atoms with Crippen LogP contribution in [0.4, 0.5) is 5.82 Å². The smallest absolute Gasteiger partial charge is 0.147 e. The summed E-state index contributed by atoms with van der Waals surface area (Å²) in [5, 5.41) is 0. The first-order valence-electron chi connectivity index (χ1n) is 4.91. The summed E-state index contributed by atoms with van der Waals surface area (Å²) in [7, 11) is 0.